The fourth-order valence-electron chi connectivity index (χ4n) is 2.93. The Morgan fingerprint density at radius 1 is 1.38 bits per heavy atom. The monoisotopic (exact) mass is 442 g/mol. The minimum absolute atomic E-state index is 0. The Morgan fingerprint density at radius 2 is 2.14 bits per heavy atom. The van der Waals surface area contributed by atoms with Crippen LogP contribution in [0.1, 0.15) is 40.2 Å². The van der Waals surface area contributed by atoms with Crippen molar-refractivity contribution in [1.29, 1.82) is 0 Å². The van der Waals surface area contributed by atoms with Crippen LogP contribution in [-0.2, 0) is 4.79 Å². The molecule has 0 radical (unpaired) electrons. The van der Waals surface area contributed by atoms with Crippen LogP contribution in [0.15, 0.2) is 24.4 Å². The van der Waals surface area contributed by atoms with E-state index in [4.69, 9.17) is 16.7 Å². The highest BCUT2D eigenvalue weighted by Gasteiger charge is 2.31. The number of carboxylic acids is 1. The van der Waals surface area contributed by atoms with Crippen molar-refractivity contribution >= 4 is 47.5 Å². The number of benzene rings is 1. The molecule has 12 heteroatoms. The molecule has 1 aromatic heterocycles. The molecule has 4 N–H and O–H groups in total. The number of carbonyl (C=O) groups excluding carboxylic acids is 2. The predicted octanol–water partition coefficient (Wildman–Crippen LogP) is 1.34. The molecule has 1 saturated heterocycles. The smallest absolute Gasteiger partial charge is 0.358 e. The maximum Gasteiger partial charge on any atom is 0.358 e. The lowest BCUT2D eigenvalue weighted by Crippen LogP contribution is -2.35. The van der Waals surface area contributed by atoms with E-state index >= 15 is 0 Å². The van der Waals surface area contributed by atoms with Crippen molar-refractivity contribution in [3.63, 3.8) is 0 Å². The molecule has 2 amide bonds. The number of hydrogen-bond donors (Lipinski definition) is 4. The molecule has 0 spiro atoms. The van der Waals surface area contributed by atoms with Crippen LogP contribution in [0.4, 0.5) is 5.69 Å². The molecule has 0 aliphatic carbocycles. The van der Waals surface area contributed by atoms with E-state index in [-0.39, 0.29) is 41.0 Å². The first kappa shape index (κ1) is 22.6. The van der Waals surface area contributed by atoms with Crippen molar-refractivity contribution in [1.82, 2.24) is 25.6 Å². The summed E-state index contributed by atoms with van der Waals surface area (Å²) < 4.78 is 1.45. The Kier molecular flexibility index (Phi) is 7.54. The number of aromatic carboxylic acids is 1. The van der Waals surface area contributed by atoms with E-state index in [0.717, 1.165) is 0 Å². The number of amides is 2. The minimum Gasteiger partial charge on any atom is -0.476 e. The highest BCUT2D eigenvalue weighted by Crippen LogP contribution is 2.23. The highest BCUT2D eigenvalue weighted by molar-refractivity contribution is 6.34. The fourth-order valence-corrected chi connectivity index (χ4v) is 3.20. The van der Waals surface area contributed by atoms with E-state index in [0.29, 0.717) is 30.8 Å². The molecular formula is C17H20Cl2N6O4. The zero-order valence-electron chi connectivity index (χ0n) is 15.4. The van der Waals surface area contributed by atoms with Crippen molar-refractivity contribution < 1.29 is 19.5 Å². The summed E-state index contributed by atoms with van der Waals surface area (Å²) in [5, 5.41) is 25.1. The van der Waals surface area contributed by atoms with Gasteiger partial charge in [0.15, 0.2) is 5.69 Å². The number of carbonyl (C=O) groups is 3. The van der Waals surface area contributed by atoms with Gasteiger partial charge < -0.3 is 21.1 Å². The summed E-state index contributed by atoms with van der Waals surface area (Å²) in [5.74, 6) is -1.69. The first-order valence-corrected chi connectivity index (χ1v) is 9.04. The van der Waals surface area contributed by atoms with Crippen LogP contribution in [0.25, 0.3) is 0 Å². The van der Waals surface area contributed by atoms with Gasteiger partial charge in [-0.15, -0.1) is 17.5 Å². The maximum absolute atomic E-state index is 12.5. The quantitative estimate of drug-likeness (QED) is 0.529. The van der Waals surface area contributed by atoms with Gasteiger partial charge in [0.2, 0.25) is 5.91 Å². The lowest BCUT2D eigenvalue weighted by atomic mass is 10.1. The van der Waals surface area contributed by atoms with Crippen LogP contribution in [0.2, 0.25) is 5.02 Å². The van der Waals surface area contributed by atoms with Crippen LogP contribution in [0, 0.1) is 0 Å². The topological polar surface area (TPSA) is 138 Å². The molecule has 0 bridgehead atoms. The molecule has 2 heterocycles. The summed E-state index contributed by atoms with van der Waals surface area (Å²) in [6.45, 7) is 2.75. The van der Waals surface area contributed by atoms with Crippen LogP contribution < -0.4 is 16.0 Å². The standard InChI is InChI=1S/C17H19ClN6O4.ClH/c1-2-19-15(25)11-4-3-9(5-12(11)18)21-16(26)13-6-10(7-20-13)24-8-14(17(27)28)22-23-24;/h3-5,8,10,13,20H,2,6-7H2,1H3,(H,19,25)(H,21,26)(H,27,28);1H/t10-,13-;/m0./s1. The van der Waals surface area contributed by atoms with Crippen LogP contribution in [-0.4, -0.2) is 57.0 Å². The first-order chi connectivity index (χ1) is 13.4. The Bertz CT molecular complexity index is 919. The highest BCUT2D eigenvalue weighted by atomic mass is 35.5. The summed E-state index contributed by atoms with van der Waals surface area (Å²) in [4.78, 5) is 35.3. The third-order valence-electron chi connectivity index (χ3n) is 4.35. The number of rotatable bonds is 6. The Labute approximate surface area is 177 Å². The molecule has 10 nitrogen and oxygen atoms in total. The molecule has 3 rings (SSSR count). The number of nitrogens with one attached hydrogen (secondary N) is 3. The molecular weight excluding hydrogens is 423 g/mol. The summed E-state index contributed by atoms with van der Waals surface area (Å²) in [6.07, 6.45) is 1.77. The van der Waals surface area contributed by atoms with Gasteiger partial charge in [-0.2, -0.15) is 0 Å². The average Bonchev–Trinajstić information content (AvgIpc) is 3.31. The van der Waals surface area contributed by atoms with Crippen molar-refractivity contribution in [2.45, 2.75) is 25.4 Å². The largest absolute Gasteiger partial charge is 0.476 e. The summed E-state index contributed by atoms with van der Waals surface area (Å²) in [5.41, 5.74) is 0.665. The summed E-state index contributed by atoms with van der Waals surface area (Å²) >= 11 is 6.14. The summed E-state index contributed by atoms with van der Waals surface area (Å²) in [6, 6.07) is 4.02. The van der Waals surface area contributed by atoms with Crippen molar-refractivity contribution in [2.24, 2.45) is 0 Å². The Hall–Kier alpha value is -2.69. The fraction of sp³-hybridized carbons (Fsp3) is 0.353. The number of anilines is 1. The van der Waals surface area contributed by atoms with Crippen LogP contribution >= 0.6 is 24.0 Å². The second-order valence-electron chi connectivity index (χ2n) is 6.28. The maximum atomic E-state index is 12.5. The molecule has 0 unspecified atom stereocenters. The van der Waals surface area contributed by atoms with E-state index in [9.17, 15) is 14.4 Å². The van der Waals surface area contributed by atoms with E-state index in [1.54, 1.807) is 12.1 Å². The summed E-state index contributed by atoms with van der Waals surface area (Å²) in [7, 11) is 0. The second kappa shape index (κ2) is 9.68. The van der Waals surface area contributed by atoms with Gasteiger partial charge in [0.05, 0.1) is 28.9 Å². The third kappa shape index (κ3) is 5.22. The lowest BCUT2D eigenvalue weighted by Gasteiger charge is -2.13. The van der Waals surface area contributed by atoms with Gasteiger partial charge in [0.1, 0.15) is 0 Å². The molecule has 1 aliphatic heterocycles. The molecule has 0 saturated carbocycles. The number of carboxylic acid groups (broad SMARTS) is 1. The Morgan fingerprint density at radius 3 is 2.76 bits per heavy atom. The third-order valence-corrected chi connectivity index (χ3v) is 4.66. The number of aromatic nitrogens is 3. The van der Waals surface area contributed by atoms with E-state index < -0.39 is 12.0 Å². The van der Waals surface area contributed by atoms with Gasteiger partial charge in [-0.3, -0.25) is 9.59 Å². The van der Waals surface area contributed by atoms with Gasteiger partial charge in [-0.25, -0.2) is 9.48 Å². The normalized spacial score (nSPS) is 18.0. The van der Waals surface area contributed by atoms with Gasteiger partial charge >= 0.3 is 5.97 Å². The van der Waals surface area contributed by atoms with E-state index in [1.165, 1.54) is 16.9 Å². The van der Waals surface area contributed by atoms with E-state index in [1.807, 2.05) is 6.92 Å². The molecule has 1 aromatic carbocycles. The molecule has 1 aliphatic rings. The number of nitrogens with zero attached hydrogens (tertiary/aromatic N) is 3. The molecule has 1 fully saturated rings. The van der Waals surface area contributed by atoms with Crippen molar-refractivity contribution in [3.05, 3.63) is 40.7 Å². The van der Waals surface area contributed by atoms with Crippen LogP contribution in [0.5, 0.6) is 0 Å². The van der Waals surface area contributed by atoms with Crippen molar-refractivity contribution in [2.75, 3.05) is 18.4 Å². The van der Waals surface area contributed by atoms with Gasteiger partial charge in [0, 0.05) is 18.8 Å². The predicted molar refractivity (Wildman–Crippen MR) is 108 cm³/mol. The minimum atomic E-state index is -1.15. The lowest BCUT2D eigenvalue weighted by molar-refractivity contribution is -0.117. The zero-order chi connectivity index (χ0) is 20.3. The van der Waals surface area contributed by atoms with E-state index in [2.05, 4.69) is 26.3 Å². The number of halogens is 2. The second-order valence-corrected chi connectivity index (χ2v) is 6.69. The van der Waals surface area contributed by atoms with Crippen LogP contribution in [0.3, 0.4) is 0 Å². The van der Waals surface area contributed by atoms with Gasteiger partial charge in [-0.1, -0.05) is 16.8 Å². The molecule has 2 aromatic rings. The van der Waals surface area contributed by atoms with Gasteiger partial charge in [-0.05, 0) is 31.5 Å². The zero-order valence-corrected chi connectivity index (χ0v) is 17.0. The van der Waals surface area contributed by atoms with Crippen molar-refractivity contribution in [3.8, 4) is 0 Å². The Balaban J connectivity index is 0.00000300. The average molecular weight is 443 g/mol. The SMILES string of the molecule is CCNC(=O)c1ccc(NC(=O)[C@@H]2C[C@H](n3cc(C(=O)O)nn3)CN2)cc1Cl.Cl. The molecule has 156 valence electrons. The van der Waals surface area contributed by atoms with Gasteiger partial charge in [0.25, 0.3) is 5.91 Å². The number of hydrogen-bond acceptors (Lipinski definition) is 6. The first-order valence-electron chi connectivity index (χ1n) is 8.66. The molecule has 2 atom stereocenters. The molecule has 29 heavy (non-hydrogen) atoms.